The average Bonchev–Trinajstić information content (AvgIpc) is 3.03. The SMILES string of the molecule is O=C(Nc1ccc(-n2ccnc2)nc1)C1CNCCO1. The lowest BCUT2D eigenvalue weighted by Gasteiger charge is -2.22. The summed E-state index contributed by atoms with van der Waals surface area (Å²) in [6.07, 6.45) is 6.33. The van der Waals surface area contributed by atoms with Crippen molar-refractivity contribution in [1.29, 1.82) is 0 Å². The van der Waals surface area contributed by atoms with E-state index < -0.39 is 6.10 Å². The van der Waals surface area contributed by atoms with Crippen molar-refractivity contribution in [3.63, 3.8) is 0 Å². The predicted molar refractivity (Wildman–Crippen MR) is 72.6 cm³/mol. The van der Waals surface area contributed by atoms with Crippen molar-refractivity contribution in [2.75, 3.05) is 25.0 Å². The van der Waals surface area contributed by atoms with Crippen LogP contribution in [0.2, 0.25) is 0 Å². The van der Waals surface area contributed by atoms with Crippen LogP contribution in [0.1, 0.15) is 0 Å². The third kappa shape index (κ3) is 2.84. The molecular formula is C13H15N5O2. The molecular weight excluding hydrogens is 258 g/mol. The van der Waals surface area contributed by atoms with E-state index in [4.69, 9.17) is 4.74 Å². The maximum atomic E-state index is 12.0. The number of aromatic nitrogens is 3. The molecule has 2 aromatic heterocycles. The zero-order valence-corrected chi connectivity index (χ0v) is 10.8. The molecule has 2 N–H and O–H groups in total. The van der Waals surface area contributed by atoms with E-state index in [0.29, 0.717) is 18.8 Å². The molecule has 0 bridgehead atoms. The fourth-order valence-corrected chi connectivity index (χ4v) is 1.96. The molecule has 1 amide bonds. The first-order chi connectivity index (χ1) is 9.83. The maximum absolute atomic E-state index is 12.0. The zero-order chi connectivity index (χ0) is 13.8. The lowest BCUT2D eigenvalue weighted by Crippen LogP contribution is -2.45. The minimum Gasteiger partial charge on any atom is -0.366 e. The number of anilines is 1. The van der Waals surface area contributed by atoms with E-state index >= 15 is 0 Å². The summed E-state index contributed by atoms with van der Waals surface area (Å²) in [6.45, 7) is 1.87. The van der Waals surface area contributed by atoms with E-state index in [1.165, 1.54) is 0 Å². The van der Waals surface area contributed by atoms with E-state index in [1.807, 2.05) is 12.3 Å². The molecule has 0 aromatic carbocycles. The summed E-state index contributed by atoms with van der Waals surface area (Å²) in [5, 5.41) is 5.91. The van der Waals surface area contributed by atoms with Gasteiger partial charge in [-0.25, -0.2) is 9.97 Å². The van der Waals surface area contributed by atoms with E-state index in [2.05, 4.69) is 20.6 Å². The Labute approximate surface area is 116 Å². The summed E-state index contributed by atoms with van der Waals surface area (Å²) >= 11 is 0. The zero-order valence-electron chi connectivity index (χ0n) is 10.8. The second kappa shape index (κ2) is 5.81. The Hall–Kier alpha value is -2.25. The Bertz CT molecular complexity index is 561. The van der Waals surface area contributed by atoms with Crippen LogP contribution in [0.25, 0.3) is 5.82 Å². The van der Waals surface area contributed by atoms with Crippen LogP contribution >= 0.6 is 0 Å². The van der Waals surface area contributed by atoms with Crippen LogP contribution in [0.15, 0.2) is 37.1 Å². The second-order valence-electron chi connectivity index (χ2n) is 4.43. The molecule has 0 aliphatic carbocycles. The van der Waals surface area contributed by atoms with Gasteiger partial charge in [0.2, 0.25) is 0 Å². The van der Waals surface area contributed by atoms with E-state index in [0.717, 1.165) is 12.4 Å². The first-order valence-corrected chi connectivity index (χ1v) is 6.40. The highest BCUT2D eigenvalue weighted by atomic mass is 16.5. The third-order valence-electron chi connectivity index (χ3n) is 3.00. The van der Waals surface area contributed by atoms with E-state index in [9.17, 15) is 4.79 Å². The van der Waals surface area contributed by atoms with Gasteiger partial charge in [-0.3, -0.25) is 9.36 Å². The molecule has 3 heterocycles. The van der Waals surface area contributed by atoms with Gasteiger partial charge in [0, 0.05) is 25.5 Å². The molecule has 0 saturated carbocycles. The van der Waals surface area contributed by atoms with Crippen LogP contribution in [0.4, 0.5) is 5.69 Å². The Morgan fingerprint density at radius 3 is 3.10 bits per heavy atom. The number of morpholine rings is 1. The van der Waals surface area contributed by atoms with Crippen molar-refractivity contribution in [3.8, 4) is 5.82 Å². The number of carbonyl (C=O) groups excluding carboxylic acids is 1. The van der Waals surface area contributed by atoms with Gasteiger partial charge < -0.3 is 15.4 Å². The molecule has 2 aromatic rings. The number of carbonyl (C=O) groups is 1. The number of rotatable bonds is 3. The van der Waals surface area contributed by atoms with Crippen LogP contribution in [0.3, 0.4) is 0 Å². The van der Waals surface area contributed by atoms with Gasteiger partial charge in [-0.2, -0.15) is 0 Å². The van der Waals surface area contributed by atoms with Gasteiger partial charge >= 0.3 is 0 Å². The van der Waals surface area contributed by atoms with Crippen molar-refractivity contribution in [3.05, 3.63) is 37.1 Å². The molecule has 3 rings (SSSR count). The highest BCUT2D eigenvalue weighted by Crippen LogP contribution is 2.10. The standard InChI is InChI=1S/C13H15N5O2/c19-13(11-8-14-4-6-20-11)17-10-1-2-12(16-7-10)18-5-3-15-9-18/h1-3,5,7,9,11,14H,4,6,8H2,(H,17,19). The van der Waals surface area contributed by atoms with Gasteiger partial charge in [-0.05, 0) is 12.1 Å². The van der Waals surface area contributed by atoms with Crippen LogP contribution in [-0.2, 0) is 9.53 Å². The van der Waals surface area contributed by atoms with Crippen molar-refractivity contribution >= 4 is 11.6 Å². The Morgan fingerprint density at radius 1 is 1.50 bits per heavy atom. The quantitative estimate of drug-likeness (QED) is 0.834. The fraction of sp³-hybridized carbons (Fsp3) is 0.308. The molecule has 7 heteroatoms. The normalized spacial score (nSPS) is 18.7. The Morgan fingerprint density at radius 2 is 2.45 bits per heavy atom. The maximum Gasteiger partial charge on any atom is 0.254 e. The summed E-state index contributed by atoms with van der Waals surface area (Å²) in [6, 6.07) is 3.62. The number of ether oxygens (including phenoxy) is 1. The lowest BCUT2D eigenvalue weighted by molar-refractivity contribution is -0.128. The molecule has 0 radical (unpaired) electrons. The monoisotopic (exact) mass is 273 g/mol. The van der Waals surface area contributed by atoms with Gasteiger partial charge in [0.25, 0.3) is 5.91 Å². The summed E-state index contributed by atoms with van der Waals surface area (Å²) in [5.41, 5.74) is 0.646. The predicted octanol–water partition coefficient (Wildman–Crippen LogP) is 0.194. The average molecular weight is 273 g/mol. The third-order valence-corrected chi connectivity index (χ3v) is 3.00. The van der Waals surface area contributed by atoms with Gasteiger partial charge in [0.05, 0.1) is 18.5 Å². The number of pyridine rings is 1. The van der Waals surface area contributed by atoms with Gasteiger partial charge in [0.1, 0.15) is 18.2 Å². The van der Waals surface area contributed by atoms with Crippen molar-refractivity contribution in [2.24, 2.45) is 0 Å². The molecule has 7 nitrogen and oxygen atoms in total. The van der Waals surface area contributed by atoms with Gasteiger partial charge in [-0.1, -0.05) is 0 Å². The summed E-state index contributed by atoms with van der Waals surface area (Å²) in [5.74, 6) is 0.588. The van der Waals surface area contributed by atoms with Crippen LogP contribution < -0.4 is 10.6 Å². The molecule has 1 atom stereocenters. The van der Waals surface area contributed by atoms with Crippen LogP contribution in [-0.4, -0.2) is 46.2 Å². The second-order valence-corrected chi connectivity index (χ2v) is 4.43. The van der Waals surface area contributed by atoms with Crippen molar-refractivity contribution < 1.29 is 9.53 Å². The minimum absolute atomic E-state index is 0.158. The topological polar surface area (TPSA) is 81.1 Å². The van der Waals surface area contributed by atoms with Gasteiger partial charge in [-0.15, -0.1) is 0 Å². The summed E-state index contributed by atoms with van der Waals surface area (Å²) < 4.78 is 7.18. The summed E-state index contributed by atoms with van der Waals surface area (Å²) in [7, 11) is 0. The Kier molecular flexibility index (Phi) is 3.71. The molecule has 1 aliphatic heterocycles. The first kappa shape index (κ1) is 12.8. The molecule has 1 saturated heterocycles. The van der Waals surface area contributed by atoms with Crippen LogP contribution in [0, 0.1) is 0 Å². The van der Waals surface area contributed by atoms with E-state index in [1.54, 1.807) is 29.4 Å². The molecule has 104 valence electrons. The lowest BCUT2D eigenvalue weighted by atomic mass is 10.3. The Balaban J connectivity index is 1.64. The van der Waals surface area contributed by atoms with Gasteiger partial charge in [0.15, 0.2) is 0 Å². The molecule has 0 spiro atoms. The first-order valence-electron chi connectivity index (χ1n) is 6.40. The highest BCUT2D eigenvalue weighted by molar-refractivity contribution is 5.94. The largest absolute Gasteiger partial charge is 0.366 e. The number of amides is 1. The molecule has 1 aliphatic rings. The van der Waals surface area contributed by atoms with E-state index in [-0.39, 0.29) is 5.91 Å². The number of nitrogens with one attached hydrogen (secondary N) is 2. The number of hydrogen-bond acceptors (Lipinski definition) is 5. The number of hydrogen-bond donors (Lipinski definition) is 2. The smallest absolute Gasteiger partial charge is 0.254 e. The number of imidazole rings is 1. The van der Waals surface area contributed by atoms with Crippen molar-refractivity contribution in [1.82, 2.24) is 19.9 Å². The minimum atomic E-state index is -0.447. The summed E-state index contributed by atoms with van der Waals surface area (Å²) in [4.78, 5) is 20.2. The highest BCUT2D eigenvalue weighted by Gasteiger charge is 2.21. The number of nitrogens with zero attached hydrogens (tertiary/aromatic N) is 3. The molecule has 1 fully saturated rings. The van der Waals surface area contributed by atoms with Crippen LogP contribution in [0.5, 0.6) is 0 Å². The fourth-order valence-electron chi connectivity index (χ4n) is 1.96. The molecule has 1 unspecified atom stereocenters. The van der Waals surface area contributed by atoms with Crippen molar-refractivity contribution in [2.45, 2.75) is 6.10 Å². The molecule has 20 heavy (non-hydrogen) atoms.